The van der Waals surface area contributed by atoms with Crippen molar-refractivity contribution in [3.05, 3.63) is 40.4 Å². The molecule has 4 N–H and O–H groups in total. The number of nitrogens with two attached hydrogens (primary N) is 2. The Morgan fingerprint density at radius 2 is 1.57 bits per heavy atom. The molecule has 0 amide bonds. The molecular formula is C14H9N5O4. The number of rotatable bonds is 4. The molecule has 2 aromatic rings. The fourth-order valence-corrected chi connectivity index (χ4v) is 2.09. The van der Waals surface area contributed by atoms with Gasteiger partial charge in [0.1, 0.15) is 0 Å². The summed E-state index contributed by atoms with van der Waals surface area (Å²) >= 11 is 0. The van der Waals surface area contributed by atoms with Crippen LogP contribution < -0.4 is 11.5 Å². The predicted octanol–water partition coefficient (Wildman–Crippen LogP) is 2.36. The molecule has 9 nitrogen and oxygen atoms in total. The molecule has 0 spiro atoms. The summed E-state index contributed by atoms with van der Waals surface area (Å²) in [5.74, 6) is 0. The van der Waals surface area contributed by atoms with Crippen LogP contribution in [0, 0.1) is 10.1 Å². The first-order chi connectivity index (χ1) is 11.0. The minimum absolute atomic E-state index is 0.0263. The van der Waals surface area contributed by atoms with Crippen LogP contribution in [0.4, 0.5) is 28.4 Å². The molecule has 0 aliphatic carbocycles. The van der Waals surface area contributed by atoms with E-state index in [4.69, 9.17) is 11.5 Å². The molecule has 0 saturated carbocycles. The zero-order valence-corrected chi connectivity index (χ0v) is 11.5. The van der Waals surface area contributed by atoms with Crippen LogP contribution in [0.1, 0.15) is 0 Å². The number of hydrogen-bond donors (Lipinski definition) is 2. The van der Waals surface area contributed by atoms with Crippen molar-refractivity contribution in [3.63, 3.8) is 0 Å². The minimum Gasteiger partial charge on any atom is -0.399 e. The van der Waals surface area contributed by atoms with Crippen molar-refractivity contribution in [2.75, 3.05) is 11.5 Å². The highest BCUT2D eigenvalue weighted by Crippen LogP contribution is 2.44. The molecule has 0 fully saturated rings. The number of benzene rings is 2. The second kappa shape index (κ2) is 6.31. The van der Waals surface area contributed by atoms with E-state index in [9.17, 15) is 19.7 Å². The third kappa shape index (κ3) is 3.11. The first-order valence-electron chi connectivity index (χ1n) is 6.11. The van der Waals surface area contributed by atoms with Gasteiger partial charge >= 0.3 is 0 Å². The topological polar surface area (TPSA) is 154 Å². The number of hydrogen-bond acceptors (Lipinski definition) is 8. The van der Waals surface area contributed by atoms with Crippen molar-refractivity contribution in [2.24, 2.45) is 9.98 Å². The Hall–Kier alpha value is -3.80. The molecule has 2 rings (SSSR count). The van der Waals surface area contributed by atoms with E-state index in [0.29, 0.717) is 5.69 Å². The Morgan fingerprint density at radius 3 is 2.17 bits per heavy atom. The van der Waals surface area contributed by atoms with Gasteiger partial charge in [-0.15, -0.1) is 0 Å². The molecule has 0 unspecified atom stereocenters. The average Bonchev–Trinajstić information content (AvgIpc) is 2.48. The fraction of sp³-hybridized carbons (Fsp3) is 0. The fourth-order valence-electron chi connectivity index (χ4n) is 2.09. The third-order valence-electron chi connectivity index (χ3n) is 2.94. The van der Waals surface area contributed by atoms with Gasteiger partial charge in [0.05, 0.1) is 21.9 Å². The summed E-state index contributed by atoms with van der Waals surface area (Å²) in [5, 5.41) is 11.3. The Balaban J connectivity index is 2.94. The van der Waals surface area contributed by atoms with Gasteiger partial charge < -0.3 is 11.5 Å². The van der Waals surface area contributed by atoms with E-state index in [1.165, 1.54) is 36.4 Å². The second-order valence-electron chi connectivity index (χ2n) is 4.37. The maximum Gasteiger partial charge on any atom is 0.281 e. The lowest BCUT2D eigenvalue weighted by Gasteiger charge is -2.10. The number of nitro benzene ring substituents is 1. The summed E-state index contributed by atoms with van der Waals surface area (Å²) in [6.07, 6.45) is 2.66. The van der Waals surface area contributed by atoms with Gasteiger partial charge in [-0.25, -0.2) is 9.59 Å². The Bertz CT molecular complexity index is 873. The molecule has 114 valence electrons. The van der Waals surface area contributed by atoms with Crippen LogP contribution in [0.25, 0.3) is 11.1 Å². The Morgan fingerprint density at radius 1 is 0.957 bits per heavy atom. The molecule has 0 aliphatic rings. The van der Waals surface area contributed by atoms with Crippen molar-refractivity contribution in [3.8, 4) is 11.1 Å². The number of anilines is 2. The molecule has 2 aromatic carbocycles. The molecule has 0 aliphatic heterocycles. The standard InChI is InChI=1S/C14H9N5O4/c15-8-1-2-10(11(3-8)17-6-20)14-12(18-7-21)4-9(16)5-13(14)19(22)23/h1-5H,15-16H2. The average molecular weight is 311 g/mol. The summed E-state index contributed by atoms with van der Waals surface area (Å²) < 4.78 is 0. The third-order valence-corrected chi connectivity index (χ3v) is 2.94. The second-order valence-corrected chi connectivity index (χ2v) is 4.37. The van der Waals surface area contributed by atoms with Gasteiger partial charge in [-0.1, -0.05) is 0 Å². The molecule has 0 aromatic heterocycles. The largest absolute Gasteiger partial charge is 0.399 e. The van der Waals surface area contributed by atoms with Gasteiger partial charge in [-0.2, -0.15) is 9.98 Å². The van der Waals surface area contributed by atoms with Crippen LogP contribution in [-0.4, -0.2) is 17.1 Å². The van der Waals surface area contributed by atoms with Crippen molar-refractivity contribution in [1.29, 1.82) is 0 Å². The quantitative estimate of drug-likeness (QED) is 0.290. The van der Waals surface area contributed by atoms with Gasteiger partial charge in [0.2, 0.25) is 12.2 Å². The molecule has 0 atom stereocenters. The van der Waals surface area contributed by atoms with E-state index in [1.54, 1.807) is 0 Å². The van der Waals surface area contributed by atoms with Crippen LogP contribution in [0.2, 0.25) is 0 Å². The normalized spacial score (nSPS) is 9.57. The van der Waals surface area contributed by atoms with Gasteiger partial charge in [0, 0.05) is 23.0 Å². The summed E-state index contributed by atoms with van der Waals surface area (Å²) in [7, 11) is 0. The number of nitrogen functional groups attached to an aromatic ring is 2. The zero-order valence-electron chi connectivity index (χ0n) is 11.5. The number of carbonyl (C=O) groups excluding carboxylic acids is 2. The molecule has 0 bridgehead atoms. The number of nitrogens with zero attached hydrogens (tertiary/aromatic N) is 3. The van der Waals surface area contributed by atoms with Gasteiger partial charge in [0.25, 0.3) is 5.69 Å². The smallest absolute Gasteiger partial charge is 0.281 e. The van der Waals surface area contributed by atoms with E-state index in [2.05, 4.69) is 9.98 Å². The van der Waals surface area contributed by atoms with E-state index in [0.717, 1.165) is 6.07 Å². The van der Waals surface area contributed by atoms with Gasteiger partial charge in [0.15, 0.2) is 0 Å². The Kier molecular flexibility index (Phi) is 4.28. The molecular weight excluding hydrogens is 302 g/mol. The van der Waals surface area contributed by atoms with Crippen molar-refractivity contribution in [1.82, 2.24) is 0 Å². The summed E-state index contributed by atoms with van der Waals surface area (Å²) in [5.41, 5.74) is 11.3. The van der Waals surface area contributed by atoms with E-state index < -0.39 is 10.6 Å². The summed E-state index contributed by atoms with van der Waals surface area (Å²) in [4.78, 5) is 38.8. The first-order valence-corrected chi connectivity index (χ1v) is 6.11. The van der Waals surface area contributed by atoms with Gasteiger partial charge in [-0.3, -0.25) is 10.1 Å². The Labute approximate surface area is 129 Å². The summed E-state index contributed by atoms with van der Waals surface area (Å²) in [6.45, 7) is 0. The lowest BCUT2D eigenvalue weighted by atomic mass is 9.98. The first kappa shape index (κ1) is 15.6. The predicted molar refractivity (Wildman–Crippen MR) is 82.9 cm³/mol. The van der Waals surface area contributed by atoms with E-state index in [-0.39, 0.29) is 28.2 Å². The minimum atomic E-state index is -0.680. The highest BCUT2D eigenvalue weighted by atomic mass is 16.6. The van der Waals surface area contributed by atoms with Crippen LogP contribution in [0.3, 0.4) is 0 Å². The van der Waals surface area contributed by atoms with Gasteiger partial charge in [-0.05, 0) is 24.3 Å². The zero-order chi connectivity index (χ0) is 17.0. The highest BCUT2D eigenvalue weighted by molar-refractivity contribution is 5.93. The maximum atomic E-state index is 11.3. The monoisotopic (exact) mass is 311 g/mol. The highest BCUT2D eigenvalue weighted by Gasteiger charge is 2.23. The maximum absolute atomic E-state index is 11.3. The van der Waals surface area contributed by atoms with Crippen LogP contribution in [-0.2, 0) is 9.59 Å². The lowest BCUT2D eigenvalue weighted by molar-refractivity contribution is -0.384. The lowest BCUT2D eigenvalue weighted by Crippen LogP contribution is -1.96. The van der Waals surface area contributed by atoms with Crippen LogP contribution in [0.15, 0.2) is 40.3 Å². The van der Waals surface area contributed by atoms with E-state index in [1.807, 2.05) is 0 Å². The molecule has 9 heteroatoms. The molecule has 0 saturated heterocycles. The molecule has 0 radical (unpaired) electrons. The van der Waals surface area contributed by atoms with E-state index >= 15 is 0 Å². The molecule has 0 heterocycles. The number of nitro groups is 1. The number of isocyanates is 2. The SMILES string of the molecule is Nc1ccc(-c2c(N=C=O)cc(N)cc2[N+](=O)[O-])c(N=C=O)c1. The van der Waals surface area contributed by atoms with Crippen molar-refractivity contribution in [2.45, 2.75) is 0 Å². The van der Waals surface area contributed by atoms with Crippen LogP contribution in [0.5, 0.6) is 0 Å². The van der Waals surface area contributed by atoms with Crippen molar-refractivity contribution < 1.29 is 14.5 Å². The number of aliphatic imine (C=N–C) groups is 2. The molecule has 23 heavy (non-hydrogen) atoms. The van der Waals surface area contributed by atoms with Crippen LogP contribution >= 0.6 is 0 Å². The summed E-state index contributed by atoms with van der Waals surface area (Å²) in [6, 6.07) is 6.62. The van der Waals surface area contributed by atoms with Crippen molar-refractivity contribution >= 4 is 40.6 Å².